The van der Waals surface area contributed by atoms with Crippen LogP contribution in [0, 0.1) is 0 Å². The maximum atomic E-state index is 11.7. The second kappa shape index (κ2) is 10.8. The van der Waals surface area contributed by atoms with Crippen molar-refractivity contribution >= 4 is 29.3 Å². The van der Waals surface area contributed by atoms with Crippen LogP contribution in [0.25, 0.3) is 0 Å². The van der Waals surface area contributed by atoms with Crippen LogP contribution in [-0.2, 0) is 19.1 Å². The SMILES string of the molecule is CCOCCCNC(=O)C(=O)NCC(=O)Nc1ccc(C(N)=O)cc1. The van der Waals surface area contributed by atoms with Gasteiger partial charge in [-0.25, -0.2) is 0 Å². The number of benzene rings is 1. The van der Waals surface area contributed by atoms with Crippen LogP contribution in [0.1, 0.15) is 23.7 Å². The lowest BCUT2D eigenvalue weighted by Gasteiger charge is -2.08. The summed E-state index contributed by atoms with van der Waals surface area (Å²) in [7, 11) is 0. The molecule has 4 amide bonds. The number of carbonyl (C=O) groups is 4. The van der Waals surface area contributed by atoms with Crippen LogP contribution >= 0.6 is 0 Å². The molecule has 9 nitrogen and oxygen atoms in total. The molecule has 136 valence electrons. The number of ether oxygens (including phenoxy) is 1. The second-order valence-electron chi connectivity index (χ2n) is 4.98. The molecule has 0 spiro atoms. The van der Waals surface area contributed by atoms with Gasteiger partial charge < -0.3 is 26.4 Å². The molecule has 0 aliphatic heterocycles. The van der Waals surface area contributed by atoms with Gasteiger partial charge in [-0.2, -0.15) is 0 Å². The maximum absolute atomic E-state index is 11.7. The predicted octanol–water partition coefficient (Wildman–Crippen LogP) is -0.617. The molecular weight excluding hydrogens is 328 g/mol. The highest BCUT2D eigenvalue weighted by Gasteiger charge is 2.14. The van der Waals surface area contributed by atoms with Gasteiger partial charge in [0.2, 0.25) is 11.8 Å². The van der Waals surface area contributed by atoms with Crippen LogP contribution in [-0.4, -0.2) is 49.9 Å². The van der Waals surface area contributed by atoms with Crippen molar-refractivity contribution in [2.75, 3.05) is 31.6 Å². The Labute approximate surface area is 145 Å². The molecule has 0 unspecified atom stereocenters. The number of carbonyl (C=O) groups excluding carboxylic acids is 4. The van der Waals surface area contributed by atoms with Crippen molar-refractivity contribution in [3.05, 3.63) is 29.8 Å². The highest BCUT2D eigenvalue weighted by Crippen LogP contribution is 2.08. The third-order valence-corrected chi connectivity index (χ3v) is 3.02. The Kier molecular flexibility index (Phi) is 8.66. The van der Waals surface area contributed by atoms with E-state index in [1.165, 1.54) is 24.3 Å². The van der Waals surface area contributed by atoms with Crippen LogP contribution in [0.15, 0.2) is 24.3 Å². The number of amides is 4. The lowest BCUT2D eigenvalue weighted by molar-refractivity contribution is -0.139. The van der Waals surface area contributed by atoms with Gasteiger partial charge in [0.25, 0.3) is 0 Å². The third-order valence-electron chi connectivity index (χ3n) is 3.02. The minimum atomic E-state index is -0.893. The number of primary amides is 1. The van der Waals surface area contributed by atoms with Gasteiger partial charge in [0, 0.05) is 31.0 Å². The van der Waals surface area contributed by atoms with Crippen molar-refractivity contribution in [3.63, 3.8) is 0 Å². The smallest absolute Gasteiger partial charge is 0.309 e. The van der Waals surface area contributed by atoms with Crippen LogP contribution in [0.3, 0.4) is 0 Å². The normalized spacial score (nSPS) is 9.96. The van der Waals surface area contributed by atoms with Gasteiger partial charge in [-0.1, -0.05) is 0 Å². The number of anilines is 1. The van der Waals surface area contributed by atoms with Gasteiger partial charge in [0.05, 0.1) is 6.54 Å². The zero-order valence-electron chi connectivity index (χ0n) is 14.0. The Hall–Kier alpha value is -2.94. The number of rotatable bonds is 9. The zero-order chi connectivity index (χ0) is 18.7. The lowest BCUT2D eigenvalue weighted by Crippen LogP contribution is -2.43. The van der Waals surface area contributed by atoms with Crippen molar-refractivity contribution in [1.29, 1.82) is 0 Å². The summed E-state index contributed by atoms with van der Waals surface area (Å²) in [5.41, 5.74) is 5.86. The monoisotopic (exact) mass is 350 g/mol. The molecule has 1 rings (SSSR count). The van der Waals surface area contributed by atoms with Crippen LogP contribution < -0.4 is 21.7 Å². The summed E-state index contributed by atoms with van der Waals surface area (Å²) in [4.78, 5) is 45.7. The molecule has 9 heteroatoms. The highest BCUT2D eigenvalue weighted by atomic mass is 16.5. The van der Waals surface area contributed by atoms with Crippen LogP contribution in [0.5, 0.6) is 0 Å². The lowest BCUT2D eigenvalue weighted by atomic mass is 10.2. The van der Waals surface area contributed by atoms with Gasteiger partial charge >= 0.3 is 11.8 Å². The first-order chi connectivity index (χ1) is 11.9. The molecule has 1 aromatic rings. The molecule has 0 atom stereocenters. The van der Waals surface area contributed by atoms with Crippen molar-refractivity contribution in [2.24, 2.45) is 5.73 Å². The molecule has 0 aliphatic carbocycles. The van der Waals surface area contributed by atoms with E-state index in [1.54, 1.807) is 0 Å². The third kappa shape index (κ3) is 7.93. The minimum absolute atomic E-state index is 0.310. The molecule has 0 saturated carbocycles. The largest absolute Gasteiger partial charge is 0.382 e. The second-order valence-corrected chi connectivity index (χ2v) is 4.98. The van der Waals surface area contributed by atoms with E-state index < -0.39 is 23.6 Å². The van der Waals surface area contributed by atoms with Gasteiger partial charge in [0.15, 0.2) is 0 Å². The summed E-state index contributed by atoms with van der Waals surface area (Å²) in [6.45, 7) is 2.90. The number of hydrogen-bond donors (Lipinski definition) is 4. The topological polar surface area (TPSA) is 140 Å². The van der Waals surface area contributed by atoms with Gasteiger partial charge in [-0.15, -0.1) is 0 Å². The maximum Gasteiger partial charge on any atom is 0.309 e. The summed E-state index contributed by atoms with van der Waals surface area (Å²) >= 11 is 0. The molecule has 1 aromatic carbocycles. The van der Waals surface area contributed by atoms with E-state index in [2.05, 4.69) is 16.0 Å². The standard InChI is InChI=1S/C16H22N4O5/c1-2-25-9-3-8-18-15(23)16(24)19-10-13(21)20-12-6-4-11(5-7-12)14(17)22/h4-7H,2-3,8-10H2,1H3,(H2,17,22)(H,18,23)(H,19,24)(H,20,21). The Bertz CT molecular complexity index is 615. The van der Waals surface area contributed by atoms with Crippen LogP contribution in [0.4, 0.5) is 5.69 Å². The Morgan fingerprint density at radius 3 is 2.28 bits per heavy atom. The van der Waals surface area contributed by atoms with Crippen molar-refractivity contribution in [2.45, 2.75) is 13.3 Å². The summed E-state index contributed by atoms with van der Waals surface area (Å²) in [5, 5.41) is 7.16. The fourth-order valence-corrected chi connectivity index (χ4v) is 1.76. The van der Waals surface area contributed by atoms with Crippen molar-refractivity contribution in [1.82, 2.24) is 10.6 Å². The Balaban J connectivity index is 2.29. The molecule has 0 aliphatic rings. The zero-order valence-corrected chi connectivity index (χ0v) is 14.0. The Morgan fingerprint density at radius 2 is 1.68 bits per heavy atom. The molecule has 0 bridgehead atoms. The summed E-state index contributed by atoms with van der Waals surface area (Å²) in [5.74, 6) is -2.78. The van der Waals surface area contributed by atoms with Gasteiger partial charge in [-0.3, -0.25) is 19.2 Å². The molecular formula is C16H22N4O5. The quantitative estimate of drug-likeness (QED) is 0.347. The number of nitrogens with two attached hydrogens (primary N) is 1. The fraction of sp³-hybridized carbons (Fsp3) is 0.375. The van der Waals surface area contributed by atoms with Crippen molar-refractivity contribution < 1.29 is 23.9 Å². The molecule has 0 radical (unpaired) electrons. The Morgan fingerprint density at radius 1 is 1.04 bits per heavy atom. The van der Waals surface area contributed by atoms with E-state index in [-0.39, 0.29) is 6.54 Å². The van der Waals surface area contributed by atoms with E-state index in [0.717, 1.165) is 0 Å². The first-order valence-electron chi connectivity index (χ1n) is 7.77. The summed E-state index contributed by atoms with van der Waals surface area (Å²) in [6.07, 6.45) is 0.592. The fourth-order valence-electron chi connectivity index (χ4n) is 1.76. The molecule has 5 N–H and O–H groups in total. The van der Waals surface area contributed by atoms with E-state index in [4.69, 9.17) is 10.5 Å². The van der Waals surface area contributed by atoms with E-state index in [0.29, 0.717) is 37.4 Å². The van der Waals surface area contributed by atoms with Gasteiger partial charge in [-0.05, 0) is 37.6 Å². The molecule has 0 aromatic heterocycles. The predicted molar refractivity (Wildman–Crippen MR) is 90.7 cm³/mol. The number of hydrogen-bond acceptors (Lipinski definition) is 5. The molecule has 0 heterocycles. The minimum Gasteiger partial charge on any atom is -0.382 e. The summed E-state index contributed by atoms with van der Waals surface area (Å²) < 4.78 is 5.10. The van der Waals surface area contributed by atoms with E-state index in [1.807, 2.05) is 6.92 Å². The summed E-state index contributed by atoms with van der Waals surface area (Å²) in [6, 6.07) is 5.94. The number of nitrogens with one attached hydrogen (secondary N) is 3. The van der Waals surface area contributed by atoms with Crippen LogP contribution in [0.2, 0.25) is 0 Å². The molecule has 0 fully saturated rings. The first kappa shape index (κ1) is 20.1. The average Bonchev–Trinajstić information content (AvgIpc) is 2.59. The average molecular weight is 350 g/mol. The van der Waals surface area contributed by atoms with E-state index >= 15 is 0 Å². The van der Waals surface area contributed by atoms with Gasteiger partial charge in [0.1, 0.15) is 0 Å². The van der Waals surface area contributed by atoms with Crippen molar-refractivity contribution in [3.8, 4) is 0 Å². The molecule has 0 saturated heterocycles. The first-order valence-corrected chi connectivity index (χ1v) is 7.77. The highest BCUT2D eigenvalue weighted by molar-refractivity contribution is 6.35. The molecule has 25 heavy (non-hydrogen) atoms. The van der Waals surface area contributed by atoms with E-state index in [9.17, 15) is 19.2 Å².